The number of carbonyl (C=O) groups excluding carboxylic acids is 1. The first-order chi connectivity index (χ1) is 14.1. The van der Waals surface area contributed by atoms with E-state index in [0.29, 0.717) is 22.5 Å². The Morgan fingerprint density at radius 2 is 2.00 bits per heavy atom. The van der Waals surface area contributed by atoms with Crippen LogP contribution in [0.4, 0.5) is 0 Å². The molecule has 4 rings (SSSR count). The van der Waals surface area contributed by atoms with Crippen molar-refractivity contribution >= 4 is 33.6 Å². The average molecular weight is 473 g/mol. The summed E-state index contributed by atoms with van der Waals surface area (Å²) in [6, 6.07) is 9.57. The van der Waals surface area contributed by atoms with E-state index in [0.717, 1.165) is 41.8 Å². The minimum absolute atomic E-state index is 0.0514. The van der Waals surface area contributed by atoms with Crippen LogP contribution < -0.4 is 0 Å². The van der Waals surface area contributed by atoms with E-state index in [1.165, 1.54) is 11.8 Å². The number of nitrogens with zero attached hydrogens (tertiary/aromatic N) is 6. The zero-order chi connectivity index (χ0) is 20.2. The molecule has 1 aromatic carbocycles. The quantitative estimate of drug-likeness (QED) is 0.412. The van der Waals surface area contributed by atoms with Crippen LogP contribution in [-0.2, 0) is 5.75 Å². The molecule has 7 nitrogen and oxygen atoms in total. The standard InChI is InChI=1S/C20H21BrN6OS/c1-14-4-2-11-26(12-14)19(28)18-17(13-29-20-22-9-3-10-23-20)27(25-24-18)16-7-5-15(21)6-8-16/h3,5-10,14H,2,4,11-13H2,1H3. The topological polar surface area (TPSA) is 76.8 Å². The minimum Gasteiger partial charge on any atom is -0.337 e. The summed E-state index contributed by atoms with van der Waals surface area (Å²) in [5.74, 6) is 0.951. The van der Waals surface area contributed by atoms with E-state index in [1.54, 1.807) is 23.1 Å². The van der Waals surface area contributed by atoms with E-state index in [9.17, 15) is 4.79 Å². The lowest BCUT2D eigenvalue weighted by molar-refractivity contribution is 0.0676. The zero-order valence-electron chi connectivity index (χ0n) is 16.0. The number of carbonyl (C=O) groups is 1. The molecule has 1 aliphatic heterocycles. The maximum Gasteiger partial charge on any atom is 0.276 e. The minimum atomic E-state index is -0.0514. The van der Waals surface area contributed by atoms with Gasteiger partial charge in [0.2, 0.25) is 0 Å². The van der Waals surface area contributed by atoms with Gasteiger partial charge in [-0.15, -0.1) is 5.10 Å². The van der Waals surface area contributed by atoms with Gasteiger partial charge in [0.05, 0.1) is 11.4 Å². The third-order valence-electron chi connectivity index (χ3n) is 4.86. The Labute approximate surface area is 182 Å². The van der Waals surface area contributed by atoms with Crippen LogP contribution in [0.15, 0.2) is 52.4 Å². The van der Waals surface area contributed by atoms with Crippen molar-refractivity contribution in [3.05, 3.63) is 58.6 Å². The van der Waals surface area contributed by atoms with Crippen LogP contribution in [0.5, 0.6) is 0 Å². The van der Waals surface area contributed by atoms with Crippen molar-refractivity contribution in [3.8, 4) is 5.69 Å². The predicted octanol–water partition coefficient (Wildman–Crippen LogP) is 3.98. The molecule has 1 atom stereocenters. The van der Waals surface area contributed by atoms with Crippen molar-refractivity contribution in [2.75, 3.05) is 13.1 Å². The largest absolute Gasteiger partial charge is 0.337 e. The molecule has 1 fully saturated rings. The van der Waals surface area contributed by atoms with Gasteiger partial charge in [0.1, 0.15) is 0 Å². The van der Waals surface area contributed by atoms with Crippen LogP contribution in [0.3, 0.4) is 0 Å². The van der Waals surface area contributed by atoms with Gasteiger partial charge >= 0.3 is 0 Å². The lowest BCUT2D eigenvalue weighted by Gasteiger charge is -2.30. The van der Waals surface area contributed by atoms with Gasteiger partial charge in [0.15, 0.2) is 10.9 Å². The lowest BCUT2D eigenvalue weighted by Crippen LogP contribution is -2.39. The van der Waals surface area contributed by atoms with Crippen LogP contribution >= 0.6 is 27.7 Å². The van der Waals surface area contributed by atoms with Gasteiger partial charge in [0, 0.05) is 35.7 Å². The smallest absolute Gasteiger partial charge is 0.276 e. The molecule has 0 radical (unpaired) electrons. The molecular formula is C20H21BrN6OS. The molecule has 0 spiro atoms. The molecule has 2 aromatic heterocycles. The summed E-state index contributed by atoms with van der Waals surface area (Å²) in [7, 11) is 0. The fourth-order valence-corrected chi connectivity index (χ4v) is 4.46. The molecule has 0 bridgehead atoms. The molecule has 29 heavy (non-hydrogen) atoms. The van der Waals surface area contributed by atoms with Crippen LogP contribution in [-0.4, -0.2) is 48.9 Å². The summed E-state index contributed by atoms with van der Waals surface area (Å²) in [4.78, 5) is 23.7. The molecule has 0 aliphatic carbocycles. The van der Waals surface area contributed by atoms with Gasteiger partial charge in [-0.2, -0.15) is 0 Å². The molecule has 150 valence electrons. The van der Waals surface area contributed by atoms with Gasteiger partial charge < -0.3 is 4.90 Å². The van der Waals surface area contributed by atoms with E-state index < -0.39 is 0 Å². The SMILES string of the molecule is CC1CCCN(C(=O)c2nnn(-c3ccc(Br)cc3)c2CSc2ncccn2)C1. The second-order valence-corrected chi connectivity index (χ2v) is 8.95. The number of aromatic nitrogens is 5. The van der Waals surface area contributed by atoms with Crippen molar-refractivity contribution in [1.82, 2.24) is 29.9 Å². The number of likely N-dealkylation sites (tertiary alicyclic amines) is 1. The molecule has 3 aromatic rings. The first-order valence-electron chi connectivity index (χ1n) is 9.51. The van der Waals surface area contributed by atoms with E-state index >= 15 is 0 Å². The number of hydrogen-bond donors (Lipinski definition) is 0. The Morgan fingerprint density at radius 3 is 2.72 bits per heavy atom. The van der Waals surface area contributed by atoms with E-state index in [-0.39, 0.29) is 5.91 Å². The van der Waals surface area contributed by atoms with Gasteiger partial charge in [0.25, 0.3) is 5.91 Å². The molecule has 1 aliphatic rings. The fraction of sp³-hybridized carbons (Fsp3) is 0.350. The van der Waals surface area contributed by atoms with Gasteiger partial charge in [-0.05, 0) is 49.1 Å². The number of amides is 1. The second kappa shape index (κ2) is 9.04. The zero-order valence-corrected chi connectivity index (χ0v) is 18.4. The Hall–Kier alpha value is -2.26. The van der Waals surface area contributed by atoms with Crippen LogP contribution in [0.1, 0.15) is 35.9 Å². The third kappa shape index (κ3) is 4.67. The van der Waals surface area contributed by atoms with E-state index in [1.807, 2.05) is 29.2 Å². The first-order valence-corrected chi connectivity index (χ1v) is 11.3. The highest BCUT2D eigenvalue weighted by Gasteiger charge is 2.28. The number of benzene rings is 1. The average Bonchev–Trinajstić information content (AvgIpc) is 3.17. The molecule has 1 saturated heterocycles. The van der Waals surface area contributed by atoms with Crippen molar-refractivity contribution in [3.63, 3.8) is 0 Å². The Kier molecular flexibility index (Phi) is 6.25. The second-order valence-electron chi connectivity index (χ2n) is 7.09. The monoisotopic (exact) mass is 472 g/mol. The van der Waals surface area contributed by atoms with Crippen molar-refractivity contribution in [1.29, 1.82) is 0 Å². The highest BCUT2D eigenvalue weighted by molar-refractivity contribution is 9.10. The van der Waals surface area contributed by atoms with Crippen LogP contribution in [0.25, 0.3) is 5.69 Å². The summed E-state index contributed by atoms with van der Waals surface area (Å²) in [5, 5.41) is 9.25. The number of piperidine rings is 1. The molecule has 1 unspecified atom stereocenters. The van der Waals surface area contributed by atoms with Crippen molar-refractivity contribution < 1.29 is 4.79 Å². The molecule has 0 saturated carbocycles. The molecule has 1 amide bonds. The molecule has 9 heteroatoms. The summed E-state index contributed by atoms with van der Waals surface area (Å²) in [5.41, 5.74) is 2.02. The Balaban J connectivity index is 1.66. The summed E-state index contributed by atoms with van der Waals surface area (Å²) < 4.78 is 2.72. The Bertz CT molecular complexity index is 978. The van der Waals surface area contributed by atoms with Crippen molar-refractivity contribution in [2.45, 2.75) is 30.7 Å². The third-order valence-corrected chi connectivity index (χ3v) is 6.28. The maximum atomic E-state index is 13.2. The van der Waals surface area contributed by atoms with Crippen molar-refractivity contribution in [2.24, 2.45) is 5.92 Å². The molecule has 3 heterocycles. The van der Waals surface area contributed by atoms with Gasteiger partial charge in [-0.25, -0.2) is 14.6 Å². The first kappa shape index (κ1) is 20.0. The summed E-state index contributed by atoms with van der Waals surface area (Å²) in [6.07, 6.45) is 5.60. The van der Waals surface area contributed by atoms with Crippen LogP contribution in [0, 0.1) is 5.92 Å². The van der Waals surface area contributed by atoms with Gasteiger partial charge in [-0.1, -0.05) is 39.8 Å². The summed E-state index contributed by atoms with van der Waals surface area (Å²) >= 11 is 4.92. The highest BCUT2D eigenvalue weighted by atomic mass is 79.9. The number of halogens is 1. The number of thioether (sulfide) groups is 1. The summed E-state index contributed by atoms with van der Waals surface area (Å²) in [6.45, 7) is 3.71. The van der Waals surface area contributed by atoms with E-state index in [2.05, 4.69) is 43.1 Å². The molecule has 0 N–H and O–H groups in total. The molecular weight excluding hydrogens is 452 g/mol. The van der Waals surface area contributed by atoms with Gasteiger partial charge in [-0.3, -0.25) is 4.79 Å². The maximum absolute atomic E-state index is 13.2. The highest BCUT2D eigenvalue weighted by Crippen LogP contribution is 2.25. The fourth-order valence-electron chi connectivity index (χ4n) is 3.40. The Morgan fingerprint density at radius 1 is 1.24 bits per heavy atom. The van der Waals surface area contributed by atoms with Crippen LogP contribution in [0.2, 0.25) is 0 Å². The predicted molar refractivity (Wildman–Crippen MR) is 115 cm³/mol. The van der Waals surface area contributed by atoms with E-state index in [4.69, 9.17) is 0 Å². The normalized spacial score (nSPS) is 16.8. The lowest BCUT2D eigenvalue weighted by atomic mass is 10.00. The number of hydrogen-bond acceptors (Lipinski definition) is 6. The number of rotatable bonds is 5.